The average Bonchev–Trinajstić information content (AvgIpc) is 2.95. The van der Waals surface area contributed by atoms with E-state index < -0.39 is 6.10 Å². The summed E-state index contributed by atoms with van der Waals surface area (Å²) in [6.07, 6.45) is 29.6. The molecule has 234 valence electrons. The van der Waals surface area contributed by atoms with E-state index in [-0.39, 0.29) is 25.0 Å². The van der Waals surface area contributed by atoms with Crippen molar-refractivity contribution >= 4 is 5.91 Å². The Bertz CT molecular complexity index is 512. The van der Waals surface area contributed by atoms with Crippen LogP contribution in [-0.2, 0) is 4.79 Å². The number of hydrogen-bond acceptors (Lipinski definition) is 3. The van der Waals surface area contributed by atoms with Crippen LogP contribution in [-0.4, -0.2) is 46.8 Å². The molecule has 39 heavy (non-hydrogen) atoms. The minimum atomic E-state index is -0.848. The van der Waals surface area contributed by atoms with Crippen LogP contribution in [0.25, 0.3) is 0 Å². The molecule has 0 bridgehead atoms. The zero-order valence-electron chi connectivity index (χ0n) is 27.1. The van der Waals surface area contributed by atoms with Crippen molar-refractivity contribution < 1.29 is 15.0 Å². The summed E-state index contributed by atoms with van der Waals surface area (Å²) >= 11 is 0. The van der Waals surface area contributed by atoms with Crippen LogP contribution >= 0.6 is 0 Å². The summed E-state index contributed by atoms with van der Waals surface area (Å²) in [6.45, 7) is 9.61. The Labute approximate surface area is 245 Å². The summed E-state index contributed by atoms with van der Waals surface area (Å²) in [7, 11) is 0. The molecule has 0 spiro atoms. The van der Waals surface area contributed by atoms with Crippen molar-refractivity contribution in [2.75, 3.05) is 19.7 Å². The normalized spacial score (nSPS) is 13.9. The molecule has 0 aromatic rings. The van der Waals surface area contributed by atoms with Crippen molar-refractivity contribution in [3.63, 3.8) is 0 Å². The van der Waals surface area contributed by atoms with Gasteiger partial charge >= 0.3 is 0 Å². The lowest BCUT2D eigenvalue weighted by Gasteiger charge is -2.32. The highest BCUT2D eigenvalue weighted by atomic mass is 16.3. The molecule has 0 heterocycles. The van der Waals surface area contributed by atoms with Gasteiger partial charge in [-0.15, -0.1) is 0 Å². The lowest BCUT2D eigenvalue weighted by atomic mass is 9.92. The van der Waals surface area contributed by atoms with Gasteiger partial charge in [0.15, 0.2) is 0 Å². The molecule has 0 aliphatic heterocycles. The summed E-state index contributed by atoms with van der Waals surface area (Å²) in [4.78, 5) is 15.5. The van der Waals surface area contributed by atoms with Crippen molar-refractivity contribution in [1.82, 2.24) is 4.90 Å². The van der Waals surface area contributed by atoms with Gasteiger partial charge in [0.05, 0.1) is 12.7 Å². The zero-order chi connectivity index (χ0) is 29.0. The largest absolute Gasteiger partial charge is 0.394 e. The maximum Gasteiger partial charge on any atom is 0.225 e. The second kappa shape index (κ2) is 28.9. The maximum absolute atomic E-state index is 13.6. The topological polar surface area (TPSA) is 60.8 Å². The predicted molar refractivity (Wildman–Crippen MR) is 170 cm³/mol. The first-order valence-electron chi connectivity index (χ1n) is 17.6. The Hall–Kier alpha value is -0.610. The number of aliphatic hydroxyl groups is 2. The van der Waals surface area contributed by atoms with E-state index in [1.165, 1.54) is 122 Å². The van der Waals surface area contributed by atoms with Gasteiger partial charge in [0.1, 0.15) is 0 Å². The van der Waals surface area contributed by atoms with Gasteiger partial charge in [0.25, 0.3) is 0 Å². The number of unbranched alkanes of at least 4 members (excludes halogenated alkanes) is 17. The zero-order valence-corrected chi connectivity index (χ0v) is 27.1. The Morgan fingerprint density at radius 3 is 1.44 bits per heavy atom. The molecule has 0 radical (unpaired) electrons. The molecule has 0 aliphatic rings. The number of aliphatic hydroxyl groups excluding tert-OH is 2. The van der Waals surface area contributed by atoms with Crippen molar-refractivity contribution in [1.29, 1.82) is 0 Å². The van der Waals surface area contributed by atoms with Crippen LogP contribution in [0.2, 0.25) is 0 Å². The molecule has 0 rings (SSSR count). The van der Waals surface area contributed by atoms with Crippen molar-refractivity contribution in [3.05, 3.63) is 0 Å². The molecule has 4 heteroatoms. The predicted octanol–water partition coefficient (Wildman–Crippen LogP) is 9.84. The first-order valence-corrected chi connectivity index (χ1v) is 17.6. The first kappa shape index (κ1) is 38.4. The highest BCUT2D eigenvalue weighted by molar-refractivity contribution is 5.78. The first-order chi connectivity index (χ1) is 19.0. The van der Waals surface area contributed by atoms with Gasteiger partial charge in [-0.1, -0.05) is 156 Å². The molecule has 2 N–H and O–H groups in total. The number of carbonyl (C=O) groups excluding carboxylic acids is 1. The van der Waals surface area contributed by atoms with Crippen LogP contribution in [0.5, 0.6) is 0 Å². The van der Waals surface area contributed by atoms with Crippen LogP contribution in [0, 0.1) is 11.8 Å². The molecule has 3 atom stereocenters. The van der Waals surface area contributed by atoms with Crippen molar-refractivity contribution in [2.45, 2.75) is 188 Å². The molecule has 0 aromatic heterocycles. The van der Waals surface area contributed by atoms with Gasteiger partial charge in [-0.05, 0) is 31.6 Å². The van der Waals surface area contributed by atoms with E-state index in [4.69, 9.17) is 0 Å². The fraction of sp³-hybridized carbons (Fsp3) is 0.971. The molecule has 0 aromatic carbocycles. The fourth-order valence-electron chi connectivity index (χ4n) is 5.90. The number of amides is 1. The van der Waals surface area contributed by atoms with Gasteiger partial charge in [-0.3, -0.25) is 4.79 Å². The lowest BCUT2D eigenvalue weighted by molar-refractivity contribution is -0.138. The monoisotopic (exact) mass is 554 g/mol. The second-order valence-electron chi connectivity index (χ2n) is 12.4. The van der Waals surface area contributed by atoms with E-state index in [2.05, 4.69) is 27.7 Å². The molecule has 3 unspecified atom stereocenters. The third kappa shape index (κ3) is 22.7. The number of rotatable bonds is 30. The summed E-state index contributed by atoms with van der Waals surface area (Å²) < 4.78 is 0. The maximum atomic E-state index is 13.6. The third-order valence-electron chi connectivity index (χ3n) is 8.61. The Kier molecular flexibility index (Phi) is 28.4. The highest BCUT2D eigenvalue weighted by Gasteiger charge is 2.26. The summed E-state index contributed by atoms with van der Waals surface area (Å²) in [5.74, 6) is 0.741. The van der Waals surface area contributed by atoms with Crippen molar-refractivity contribution in [2.24, 2.45) is 11.8 Å². The Morgan fingerprint density at radius 1 is 0.564 bits per heavy atom. The quantitative estimate of drug-likeness (QED) is 0.0870. The van der Waals surface area contributed by atoms with E-state index in [1.54, 1.807) is 0 Å². The second-order valence-corrected chi connectivity index (χ2v) is 12.4. The van der Waals surface area contributed by atoms with E-state index >= 15 is 0 Å². The highest BCUT2D eigenvalue weighted by Crippen LogP contribution is 2.23. The standard InChI is InChI=1S/C35H71NO3/c1-5-9-12-14-15-16-17-18-19-20-21-22-23-25-28-33(8-4)35(39)36(30-34(38)31-37)29-32(26-11-7-3)27-24-13-10-6-2/h32-34,37-38H,5-31H2,1-4H3. The number of nitrogens with zero attached hydrogens (tertiary/aromatic N) is 1. The molecular formula is C35H71NO3. The van der Waals surface area contributed by atoms with Gasteiger partial charge in [-0.2, -0.15) is 0 Å². The average molecular weight is 554 g/mol. The van der Waals surface area contributed by atoms with Crippen LogP contribution in [0.4, 0.5) is 0 Å². The van der Waals surface area contributed by atoms with Gasteiger partial charge in [0, 0.05) is 19.0 Å². The number of carbonyl (C=O) groups is 1. The lowest BCUT2D eigenvalue weighted by Crippen LogP contribution is -2.44. The van der Waals surface area contributed by atoms with Crippen LogP contribution in [0.3, 0.4) is 0 Å². The Morgan fingerprint density at radius 2 is 0.974 bits per heavy atom. The molecule has 0 aliphatic carbocycles. The molecule has 0 fully saturated rings. The van der Waals surface area contributed by atoms with Crippen molar-refractivity contribution in [3.8, 4) is 0 Å². The van der Waals surface area contributed by atoms with Gasteiger partial charge < -0.3 is 15.1 Å². The molecule has 0 saturated heterocycles. The number of hydrogen-bond donors (Lipinski definition) is 2. The summed E-state index contributed by atoms with van der Waals surface area (Å²) in [6, 6.07) is 0. The minimum absolute atomic E-state index is 0.0418. The van der Waals surface area contributed by atoms with E-state index in [0.717, 1.165) is 38.6 Å². The van der Waals surface area contributed by atoms with E-state index in [9.17, 15) is 15.0 Å². The summed E-state index contributed by atoms with van der Waals surface area (Å²) in [5.41, 5.74) is 0. The molecule has 4 nitrogen and oxygen atoms in total. The smallest absolute Gasteiger partial charge is 0.225 e. The van der Waals surface area contributed by atoms with E-state index in [1.807, 2.05) is 4.90 Å². The van der Waals surface area contributed by atoms with Gasteiger partial charge in [-0.25, -0.2) is 0 Å². The summed E-state index contributed by atoms with van der Waals surface area (Å²) in [5, 5.41) is 19.7. The van der Waals surface area contributed by atoms with Crippen LogP contribution < -0.4 is 0 Å². The molecular weight excluding hydrogens is 482 g/mol. The minimum Gasteiger partial charge on any atom is -0.394 e. The fourth-order valence-corrected chi connectivity index (χ4v) is 5.90. The SMILES string of the molecule is CCCCCCCCCCCCCCCCC(CC)C(=O)N(CC(O)CO)CC(CCCC)CCCCCC. The Balaban J connectivity index is 4.45. The van der Waals surface area contributed by atoms with Gasteiger partial charge in [0.2, 0.25) is 5.91 Å². The third-order valence-corrected chi connectivity index (χ3v) is 8.61. The van der Waals surface area contributed by atoms with Crippen LogP contribution in [0.15, 0.2) is 0 Å². The molecule has 0 saturated carbocycles. The molecule has 1 amide bonds. The van der Waals surface area contributed by atoms with E-state index in [0.29, 0.717) is 5.92 Å². The van der Waals surface area contributed by atoms with Crippen LogP contribution in [0.1, 0.15) is 182 Å².